The fourth-order valence-corrected chi connectivity index (χ4v) is 6.24. The van der Waals surface area contributed by atoms with Crippen molar-refractivity contribution < 1.29 is 35.9 Å². The van der Waals surface area contributed by atoms with Gasteiger partial charge in [0.15, 0.2) is 0 Å². The van der Waals surface area contributed by atoms with Crippen molar-refractivity contribution in [2.24, 2.45) is 0 Å². The molecule has 1 aliphatic heterocycles. The highest BCUT2D eigenvalue weighted by Gasteiger charge is 2.42. The van der Waals surface area contributed by atoms with E-state index in [0.29, 0.717) is 30.2 Å². The summed E-state index contributed by atoms with van der Waals surface area (Å²) in [5.74, 6) is 0.178. The van der Waals surface area contributed by atoms with Crippen molar-refractivity contribution in [3.8, 4) is 0 Å². The van der Waals surface area contributed by atoms with Crippen molar-refractivity contribution in [1.82, 2.24) is 14.9 Å². The van der Waals surface area contributed by atoms with Gasteiger partial charge in [0, 0.05) is 37.1 Å². The standard InChI is InChI=1S/C29H35BrF6N4O2/c1-3-22-13-24(14-23(4-2)40(22)27(41)42-25-8-6-5-7-9-25)39(26-37-15-21(30)16-38-26)17-18-10-19(28(31,32)33)12-20(11-18)29(34,35)36/h10-12,15-16,22-25H,3-9,13-14,17H2,1-2H3/t22-,23+,24?. The summed E-state index contributed by atoms with van der Waals surface area (Å²) in [4.78, 5) is 25.5. The van der Waals surface area contributed by atoms with Gasteiger partial charge >= 0.3 is 18.4 Å². The first kappa shape index (κ1) is 32.3. The van der Waals surface area contributed by atoms with Gasteiger partial charge in [-0.3, -0.25) is 0 Å². The number of amides is 1. The fourth-order valence-electron chi connectivity index (χ4n) is 6.04. The first-order chi connectivity index (χ1) is 19.8. The lowest BCUT2D eigenvalue weighted by Crippen LogP contribution is -2.57. The molecule has 1 saturated carbocycles. The molecule has 1 aliphatic carbocycles. The molecular formula is C29H35BrF6N4O2. The van der Waals surface area contributed by atoms with Gasteiger partial charge in [-0.2, -0.15) is 26.3 Å². The second-order valence-electron chi connectivity index (χ2n) is 11.0. The first-order valence-corrected chi connectivity index (χ1v) is 15.1. The van der Waals surface area contributed by atoms with E-state index in [4.69, 9.17) is 4.74 Å². The number of carbonyl (C=O) groups is 1. The molecule has 3 atom stereocenters. The Balaban J connectivity index is 1.67. The molecule has 2 heterocycles. The first-order valence-electron chi connectivity index (χ1n) is 14.3. The number of likely N-dealkylation sites (tertiary alicyclic amines) is 1. The zero-order valence-electron chi connectivity index (χ0n) is 23.5. The van der Waals surface area contributed by atoms with Crippen molar-refractivity contribution in [1.29, 1.82) is 0 Å². The number of rotatable bonds is 7. The van der Waals surface area contributed by atoms with E-state index in [0.717, 1.165) is 44.2 Å². The number of hydrogen-bond donors (Lipinski definition) is 0. The molecule has 1 amide bonds. The molecule has 0 spiro atoms. The van der Waals surface area contributed by atoms with Gasteiger partial charge in [-0.25, -0.2) is 14.8 Å². The summed E-state index contributed by atoms with van der Waals surface area (Å²) in [5, 5.41) is 0. The zero-order valence-corrected chi connectivity index (χ0v) is 25.1. The van der Waals surface area contributed by atoms with Gasteiger partial charge in [-0.1, -0.05) is 20.3 Å². The SMILES string of the molecule is CC[C@@H]1CC(N(Cc2cc(C(F)(F)F)cc(C(F)(F)F)c2)c2ncc(Br)cn2)C[C@H](CC)N1C(=O)OC1CCCCC1. The van der Waals surface area contributed by atoms with E-state index in [9.17, 15) is 31.1 Å². The summed E-state index contributed by atoms with van der Waals surface area (Å²) in [6.45, 7) is 3.62. The van der Waals surface area contributed by atoms with E-state index < -0.39 is 23.5 Å². The van der Waals surface area contributed by atoms with Crippen molar-refractivity contribution in [2.75, 3.05) is 4.90 Å². The molecule has 1 aromatic heterocycles. The maximum atomic E-state index is 13.6. The quantitative estimate of drug-likeness (QED) is 0.277. The molecule has 42 heavy (non-hydrogen) atoms. The Kier molecular flexibility index (Phi) is 10.3. The van der Waals surface area contributed by atoms with Crippen molar-refractivity contribution >= 4 is 28.0 Å². The lowest BCUT2D eigenvalue weighted by Gasteiger charge is -2.47. The highest BCUT2D eigenvalue weighted by molar-refractivity contribution is 9.10. The number of halogens is 7. The number of anilines is 1. The van der Waals surface area contributed by atoms with Crippen LogP contribution in [0.25, 0.3) is 0 Å². The molecule has 4 rings (SSSR count). The number of alkyl halides is 6. The van der Waals surface area contributed by atoms with Crippen LogP contribution in [0, 0.1) is 0 Å². The van der Waals surface area contributed by atoms with E-state index in [1.165, 1.54) is 12.4 Å². The molecule has 1 saturated heterocycles. The van der Waals surface area contributed by atoms with Crippen LogP contribution in [-0.4, -0.2) is 45.2 Å². The summed E-state index contributed by atoms with van der Waals surface area (Å²) in [6.07, 6.45) is -0.553. The molecule has 2 aromatic rings. The average molecular weight is 666 g/mol. The number of nitrogens with zero attached hydrogens (tertiary/aromatic N) is 4. The van der Waals surface area contributed by atoms with Crippen LogP contribution >= 0.6 is 15.9 Å². The van der Waals surface area contributed by atoms with Crippen LogP contribution in [-0.2, 0) is 23.6 Å². The van der Waals surface area contributed by atoms with Crippen LogP contribution in [0.15, 0.2) is 35.1 Å². The van der Waals surface area contributed by atoms with E-state index >= 15 is 0 Å². The van der Waals surface area contributed by atoms with Crippen LogP contribution in [0.3, 0.4) is 0 Å². The molecule has 2 aliphatic rings. The van der Waals surface area contributed by atoms with Gasteiger partial charge in [-0.15, -0.1) is 0 Å². The van der Waals surface area contributed by atoms with E-state index in [2.05, 4.69) is 25.9 Å². The minimum Gasteiger partial charge on any atom is -0.446 e. The van der Waals surface area contributed by atoms with E-state index in [1.807, 2.05) is 13.8 Å². The molecule has 2 fully saturated rings. The summed E-state index contributed by atoms with van der Waals surface area (Å²) in [6, 6.07) is 0.771. The second kappa shape index (κ2) is 13.4. The van der Waals surface area contributed by atoms with Gasteiger partial charge in [0.2, 0.25) is 5.95 Å². The largest absolute Gasteiger partial charge is 0.446 e. The fraction of sp³-hybridized carbons (Fsp3) is 0.621. The van der Waals surface area contributed by atoms with Gasteiger partial charge in [-0.05, 0) is 91.1 Å². The minimum absolute atomic E-state index is 0.115. The van der Waals surface area contributed by atoms with Crippen LogP contribution < -0.4 is 4.90 Å². The Hall–Kier alpha value is -2.57. The normalized spacial score (nSPS) is 22.2. The van der Waals surface area contributed by atoms with E-state index in [1.54, 1.807) is 9.80 Å². The van der Waals surface area contributed by atoms with Crippen molar-refractivity contribution in [3.05, 3.63) is 51.8 Å². The minimum atomic E-state index is -4.96. The Bertz CT molecular complexity index is 1160. The number of benzene rings is 1. The number of aromatic nitrogens is 2. The molecule has 0 N–H and O–H groups in total. The summed E-state index contributed by atoms with van der Waals surface area (Å²) < 4.78 is 88.2. The Morgan fingerprint density at radius 1 is 0.929 bits per heavy atom. The van der Waals surface area contributed by atoms with Gasteiger partial charge in [0.25, 0.3) is 0 Å². The summed E-state index contributed by atoms with van der Waals surface area (Å²) >= 11 is 3.27. The molecule has 6 nitrogen and oxygen atoms in total. The maximum absolute atomic E-state index is 13.6. The smallest absolute Gasteiger partial charge is 0.416 e. The third-order valence-corrected chi connectivity index (χ3v) is 8.56. The predicted octanol–water partition coefficient (Wildman–Crippen LogP) is 8.77. The summed E-state index contributed by atoms with van der Waals surface area (Å²) in [7, 11) is 0. The monoisotopic (exact) mass is 664 g/mol. The molecule has 232 valence electrons. The number of piperidine rings is 1. The van der Waals surface area contributed by atoms with Gasteiger partial charge < -0.3 is 14.5 Å². The summed E-state index contributed by atoms with van der Waals surface area (Å²) in [5.41, 5.74) is -2.91. The number of ether oxygens (including phenoxy) is 1. The lowest BCUT2D eigenvalue weighted by atomic mass is 9.87. The van der Waals surface area contributed by atoms with Crippen molar-refractivity contribution in [3.63, 3.8) is 0 Å². The second-order valence-corrected chi connectivity index (χ2v) is 12.0. The molecule has 1 aromatic carbocycles. The van der Waals surface area contributed by atoms with Crippen molar-refractivity contribution in [2.45, 2.75) is 115 Å². The zero-order chi connectivity index (χ0) is 30.7. The molecule has 0 bridgehead atoms. The average Bonchev–Trinajstić information content (AvgIpc) is 2.95. The van der Waals surface area contributed by atoms with Gasteiger partial charge in [0.05, 0.1) is 15.6 Å². The van der Waals surface area contributed by atoms with Crippen LogP contribution in [0.4, 0.5) is 37.1 Å². The molecular weight excluding hydrogens is 630 g/mol. The van der Waals surface area contributed by atoms with Crippen LogP contribution in [0.1, 0.15) is 88.3 Å². The van der Waals surface area contributed by atoms with E-state index in [-0.39, 0.29) is 54.4 Å². The lowest BCUT2D eigenvalue weighted by molar-refractivity contribution is -0.143. The Morgan fingerprint density at radius 3 is 1.93 bits per heavy atom. The van der Waals surface area contributed by atoms with Crippen LogP contribution in [0.2, 0.25) is 0 Å². The highest BCUT2D eigenvalue weighted by atomic mass is 79.9. The Morgan fingerprint density at radius 2 is 1.45 bits per heavy atom. The topological polar surface area (TPSA) is 58.6 Å². The third kappa shape index (κ3) is 7.87. The van der Waals surface area contributed by atoms with Crippen LogP contribution in [0.5, 0.6) is 0 Å². The highest BCUT2D eigenvalue weighted by Crippen LogP contribution is 2.38. The number of carbonyl (C=O) groups excluding carboxylic acids is 1. The number of hydrogen-bond acceptors (Lipinski definition) is 5. The molecule has 13 heteroatoms. The third-order valence-electron chi connectivity index (χ3n) is 8.15. The Labute approximate surface area is 250 Å². The maximum Gasteiger partial charge on any atom is 0.416 e. The van der Waals surface area contributed by atoms with Gasteiger partial charge in [0.1, 0.15) is 6.10 Å². The molecule has 1 unspecified atom stereocenters. The molecule has 0 radical (unpaired) electrons. The predicted molar refractivity (Wildman–Crippen MR) is 149 cm³/mol.